The summed E-state index contributed by atoms with van der Waals surface area (Å²) in [7, 11) is 0. The highest BCUT2D eigenvalue weighted by Gasteiger charge is 2.21. The summed E-state index contributed by atoms with van der Waals surface area (Å²) in [5.41, 5.74) is 2.03. The summed E-state index contributed by atoms with van der Waals surface area (Å²) < 4.78 is 13.0. The van der Waals surface area contributed by atoms with E-state index in [1.165, 1.54) is 6.07 Å². The first-order valence-electron chi connectivity index (χ1n) is 3.70. The highest BCUT2D eigenvalue weighted by atomic mass is 79.9. The maximum absolute atomic E-state index is 13.0. The van der Waals surface area contributed by atoms with Gasteiger partial charge in [0.15, 0.2) is 0 Å². The minimum Gasteiger partial charge on any atom is -0.207 e. The molecule has 0 N–H and O–H groups in total. The number of rotatable bonds is 0. The van der Waals surface area contributed by atoms with Crippen LogP contribution in [-0.2, 0) is 6.42 Å². The largest absolute Gasteiger partial charge is 0.207 e. The Morgan fingerprint density at radius 1 is 1.45 bits per heavy atom. The Balaban J connectivity index is 2.57. The summed E-state index contributed by atoms with van der Waals surface area (Å²) in [6.45, 7) is 0. The van der Waals surface area contributed by atoms with Gasteiger partial charge in [0.05, 0.1) is 0 Å². The molecular formula is C9H8BrF. The van der Waals surface area contributed by atoms with E-state index in [1.54, 1.807) is 6.07 Å². The molecule has 1 atom stereocenters. The number of hydrogen-bond donors (Lipinski definition) is 0. The summed E-state index contributed by atoms with van der Waals surface area (Å²) in [6, 6.07) is 5.29. The fourth-order valence-corrected chi connectivity index (χ4v) is 2.22. The quantitative estimate of drug-likeness (QED) is 0.583. The van der Waals surface area contributed by atoms with Crippen molar-refractivity contribution >= 4 is 15.9 Å². The Morgan fingerprint density at radius 3 is 3.00 bits per heavy atom. The van der Waals surface area contributed by atoms with Crippen LogP contribution < -0.4 is 0 Å². The normalized spacial score (nSPS) is 21.8. The molecule has 0 heterocycles. The molecule has 0 aliphatic heterocycles. The van der Waals surface area contributed by atoms with Crippen molar-refractivity contribution in [3.8, 4) is 0 Å². The zero-order valence-corrected chi connectivity index (χ0v) is 7.57. The van der Waals surface area contributed by atoms with E-state index >= 15 is 0 Å². The van der Waals surface area contributed by atoms with E-state index in [1.807, 2.05) is 6.07 Å². The molecule has 1 aromatic carbocycles. The zero-order chi connectivity index (χ0) is 7.84. The number of fused-ring (bicyclic) bond motifs is 1. The molecule has 0 spiro atoms. The molecule has 1 unspecified atom stereocenters. The van der Waals surface area contributed by atoms with Crippen LogP contribution >= 0.6 is 15.9 Å². The molecule has 2 heteroatoms. The predicted molar refractivity (Wildman–Crippen MR) is 46.4 cm³/mol. The molecule has 1 aromatic rings. The lowest BCUT2D eigenvalue weighted by molar-refractivity contribution is 0.613. The van der Waals surface area contributed by atoms with Gasteiger partial charge in [0, 0.05) is 4.83 Å². The van der Waals surface area contributed by atoms with Gasteiger partial charge in [0.1, 0.15) is 5.82 Å². The fourth-order valence-electron chi connectivity index (χ4n) is 1.56. The molecule has 1 aliphatic carbocycles. The second-order valence-electron chi connectivity index (χ2n) is 2.81. The lowest BCUT2D eigenvalue weighted by Gasteiger charge is -2.01. The summed E-state index contributed by atoms with van der Waals surface area (Å²) in [6.07, 6.45) is 1.90. The Labute approximate surface area is 73.6 Å². The lowest BCUT2D eigenvalue weighted by atomic mass is 10.1. The van der Waals surface area contributed by atoms with Gasteiger partial charge in [0.2, 0.25) is 0 Å². The first-order chi connectivity index (χ1) is 5.29. The van der Waals surface area contributed by atoms with Crippen LogP contribution in [0.3, 0.4) is 0 Å². The van der Waals surface area contributed by atoms with Gasteiger partial charge in [-0.15, -0.1) is 0 Å². The van der Waals surface area contributed by atoms with Crippen LogP contribution in [0.4, 0.5) is 4.39 Å². The van der Waals surface area contributed by atoms with Gasteiger partial charge >= 0.3 is 0 Å². The van der Waals surface area contributed by atoms with Crippen LogP contribution in [0.2, 0.25) is 0 Å². The van der Waals surface area contributed by atoms with Gasteiger partial charge in [-0.25, -0.2) is 4.39 Å². The van der Waals surface area contributed by atoms with Crippen molar-refractivity contribution in [3.63, 3.8) is 0 Å². The first-order valence-corrected chi connectivity index (χ1v) is 4.62. The van der Waals surface area contributed by atoms with Crippen LogP contribution in [0.25, 0.3) is 0 Å². The third kappa shape index (κ3) is 1.09. The molecule has 58 valence electrons. The predicted octanol–water partition coefficient (Wildman–Crippen LogP) is 3.21. The van der Waals surface area contributed by atoms with Crippen LogP contribution in [0.5, 0.6) is 0 Å². The third-order valence-electron chi connectivity index (χ3n) is 2.14. The van der Waals surface area contributed by atoms with E-state index in [2.05, 4.69) is 15.9 Å². The van der Waals surface area contributed by atoms with E-state index in [0.717, 1.165) is 24.0 Å². The average molecular weight is 215 g/mol. The Hall–Kier alpha value is -0.370. The molecule has 0 saturated carbocycles. The molecule has 0 amide bonds. The van der Waals surface area contributed by atoms with Gasteiger partial charge in [0.25, 0.3) is 0 Å². The number of alkyl halides is 1. The summed E-state index contributed by atoms with van der Waals surface area (Å²) >= 11 is 3.50. The first kappa shape index (κ1) is 7.29. The summed E-state index contributed by atoms with van der Waals surface area (Å²) in [4.78, 5) is 0.369. The van der Waals surface area contributed by atoms with Crippen LogP contribution in [0.15, 0.2) is 18.2 Å². The third-order valence-corrected chi connectivity index (χ3v) is 3.09. The van der Waals surface area contributed by atoms with Crippen molar-refractivity contribution < 1.29 is 4.39 Å². The molecule has 0 aromatic heterocycles. The van der Waals surface area contributed by atoms with Crippen molar-refractivity contribution in [1.29, 1.82) is 0 Å². The van der Waals surface area contributed by atoms with Crippen molar-refractivity contribution in [2.45, 2.75) is 17.7 Å². The molecule has 2 rings (SSSR count). The summed E-state index contributed by atoms with van der Waals surface area (Å²) in [5, 5.41) is 0. The van der Waals surface area contributed by atoms with E-state index < -0.39 is 0 Å². The SMILES string of the molecule is Fc1cccc2c1CCC2Br. The Morgan fingerprint density at radius 2 is 2.27 bits per heavy atom. The standard InChI is InChI=1S/C9H8BrF/c10-8-5-4-7-6(8)2-1-3-9(7)11/h1-3,8H,4-5H2. The van der Waals surface area contributed by atoms with Crippen LogP contribution in [0, 0.1) is 5.82 Å². The summed E-state index contributed by atoms with van der Waals surface area (Å²) in [5.74, 6) is -0.0514. The van der Waals surface area contributed by atoms with Gasteiger partial charge in [-0.3, -0.25) is 0 Å². The molecule has 0 fully saturated rings. The average Bonchev–Trinajstić information content (AvgIpc) is 2.35. The minimum atomic E-state index is -0.0514. The van der Waals surface area contributed by atoms with Crippen molar-refractivity contribution in [2.24, 2.45) is 0 Å². The van der Waals surface area contributed by atoms with Crippen LogP contribution in [-0.4, -0.2) is 0 Å². The van der Waals surface area contributed by atoms with Gasteiger partial charge < -0.3 is 0 Å². The van der Waals surface area contributed by atoms with Gasteiger partial charge in [-0.1, -0.05) is 28.1 Å². The smallest absolute Gasteiger partial charge is 0.126 e. The van der Waals surface area contributed by atoms with E-state index in [0.29, 0.717) is 4.83 Å². The lowest BCUT2D eigenvalue weighted by Crippen LogP contribution is -1.87. The Bertz CT molecular complexity index is 283. The molecule has 0 nitrogen and oxygen atoms in total. The molecule has 0 radical (unpaired) electrons. The van der Waals surface area contributed by atoms with Crippen molar-refractivity contribution in [1.82, 2.24) is 0 Å². The van der Waals surface area contributed by atoms with Gasteiger partial charge in [-0.05, 0) is 30.0 Å². The highest BCUT2D eigenvalue weighted by Crippen LogP contribution is 2.38. The van der Waals surface area contributed by atoms with E-state index in [-0.39, 0.29) is 5.82 Å². The number of halogens is 2. The molecule has 0 saturated heterocycles. The molecule has 11 heavy (non-hydrogen) atoms. The van der Waals surface area contributed by atoms with E-state index in [4.69, 9.17) is 0 Å². The second kappa shape index (κ2) is 2.59. The maximum atomic E-state index is 13.0. The zero-order valence-electron chi connectivity index (χ0n) is 5.98. The van der Waals surface area contributed by atoms with Crippen molar-refractivity contribution in [3.05, 3.63) is 35.1 Å². The fraction of sp³-hybridized carbons (Fsp3) is 0.333. The molecular weight excluding hydrogens is 207 g/mol. The van der Waals surface area contributed by atoms with E-state index in [9.17, 15) is 4.39 Å². The number of hydrogen-bond acceptors (Lipinski definition) is 0. The van der Waals surface area contributed by atoms with Gasteiger partial charge in [-0.2, -0.15) is 0 Å². The topological polar surface area (TPSA) is 0 Å². The molecule has 1 aliphatic rings. The van der Waals surface area contributed by atoms with Crippen molar-refractivity contribution in [2.75, 3.05) is 0 Å². The monoisotopic (exact) mass is 214 g/mol. The number of benzene rings is 1. The minimum absolute atomic E-state index is 0.0514. The van der Waals surface area contributed by atoms with Crippen LogP contribution in [0.1, 0.15) is 22.4 Å². The maximum Gasteiger partial charge on any atom is 0.126 e. The molecule has 0 bridgehead atoms. The highest BCUT2D eigenvalue weighted by molar-refractivity contribution is 9.09. The Kier molecular flexibility index (Phi) is 1.72. The second-order valence-corrected chi connectivity index (χ2v) is 3.92.